The van der Waals surface area contributed by atoms with E-state index in [1.165, 1.54) is 35.1 Å². The van der Waals surface area contributed by atoms with Crippen LogP contribution in [0.2, 0.25) is 0 Å². The summed E-state index contributed by atoms with van der Waals surface area (Å²) in [5.41, 5.74) is 21.7. The van der Waals surface area contributed by atoms with Crippen LogP contribution in [0.5, 0.6) is 0 Å². The van der Waals surface area contributed by atoms with Crippen molar-refractivity contribution in [2.45, 2.75) is 38.8 Å². The van der Waals surface area contributed by atoms with Gasteiger partial charge in [0.25, 0.3) is 0 Å². The molecule has 2 aromatic heterocycles. The number of hydrogen-bond donors (Lipinski definition) is 2. The van der Waals surface area contributed by atoms with Gasteiger partial charge in [0.05, 0.1) is 22.1 Å². The maximum absolute atomic E-state index is 6.17. The lowest BCUT2D eigenvalue weighted by atomic mass is 10.0. The molecule has 0 spiro atoms. The molecule has 0 amide bonds. The molecular formula is C36H36Br2N4. The Labute approximate surface area is 269 Å². The second kappa shape index (κ2) is 14.4. The van der Waals surface area contributed by atoms with Gasteiger partial charge in [-0.25, -0.2) is 0 Å². The van der Waals surface area contributed by atoms with Crippen LogP contribution in [0.25, 0.3) is 21.8 Å². The highest BCUT2D eigenvalue weighted by Crippen LogP contribution is 2.19. The number of nitrogen functional groups attached to an aromatic ring is 2. The molecule has 6 rings (SSSR count). The molecule has 6 aromatic rings. The Balaban J connectivity index is 0.00000202. The minimum Gasteiger partial charge on any atom is -1.00 e. The van der Waals surface area contributed by atoms with E-state index < -0.39 is 0 Å². The van der Waals surface area contributed by atoms with E-state index in [-0.39, 0.29) is 34.0 Å². The Morgan fingerprint density at radius 2 is 0.786 bits per heavy atom. The van der Waals surface area contributed by atoms with Crippen molar-refractivity contribution >= 4 is 33.2 Å². The molecule has 4 nitrogen and oxygen atoms in total. The molecule has 2 heterocycles. The van der Waals surface area contributed by atoms with Gasteiger partial charge in [-0.3, -0.25) is 0 Å². The van der Waals surface area contributed by atoms with Crippen LogP contribution in [-0.2, 0) is 25.9 Å². The van der Waals surface area contributed by atoms with Crippen LogP contribution in [0.1, 0.15) is 35.1 Å². The minimum absolute atomic E-state index is 0. The Morgan fingerprint density at radius 3 is 1.19 bits per heavy atom. The van der Waals surface area contributed by atoms with Gasteiger partial charge in [0.15, 0.2) is 25.5 Å². The zero-order valence-electron chi connectivity index (χ0n) is 23.6. The summed E-state index contributed by atoms with van der Waals surface area (Å²) < 4.78 is 4.53. The average Bonchev–Trinajstić information content (AvgIpc) is 3.00. The molecule has 0 aliphatic rings. The molecule has 0 atom stereocenters. The zero-order valence-corrected chi connectivity index (χ0v) is 26.8. The van der Waals surface area contributed by atoms with Crippen molar-refractivity contribution in [3.63, 3.8) is 0 Å². The Morgan fingerprint density at radius 1 is 0.429 bits per heavy atom. The number of nitrogens with zero attached hydrogens (tertiary/aromatic N) is 2. The van der Waals surface area contributed by atoms with Crippen LogP contribution in [0.4, 0.5) is 11.4 Å². The highest BCUT2D eigenvalue weighted by atomic mass is 79.9. The molecule has 0 unspecified atom stereocenters. The number of para-hydroxylation sites is 2. The first-order chi connectivity index (χ1) is 19.6. The topological polar surface area (TPSA) is 59.8 Å². The molecule has 6 heteroatoms. The van der Waals surface area contributed by atoms with Crippen LogP contribution in [0.15, 0.2) is 122 Å². The van der Waals surface area contributed by atoms with Gasteiger partial charge in [0.1, 0.15) is 0 Å². The first-order valence-electron chi connectivity index (χ1n) is 14.1. The van der Waals surface area contributed by atoms with Gasteiger partial charge >= 0.3 is 0 Å². The van der Waals surface area contributed by atoms with Crippen LogP contribution in [0.3, 0.4) is 0 Å². The summed E-state index contributed by atoms with van der Waals surface area (Å²) in [5.74, 6) is 0. The monoisotopic (exact) mass is 682 g/mol. The predicted octanol–water partition coefficient (Wildman–Crippen LogP) is 0.402. The van der Waals surface area contributed by atoms with Crippen molar-refractivity contribution in [3.8, 4) is 0 Å². The molecule has 42 heavy (non-hydrogen) atoms. The van der Waals surface area contributed by atoms with Crippen LogP contribution in [-0.4, -0.2) is 0 Å². The summed E-state index contributed by atoms with van der Waals surface area (Å²) in [7, 11) is 0. The number of nitrogens with two attached hydrogens (primary N) is 2. The van der Waals surface area contributed by atoms with Crippen molar-refractivity contribution in [2.75, 3.05) is 11.5 Å². The summed E-state index contributed by atoms with van der Waals surface area (Å²) in [6.07, 6.45) is 8.75. The van der Waals surface area contributed by atoms with E-state index in [1.807, 2.05) is 24.3 Å². The fourth-order valence-electron chi connectivity index (χ4n) is 5.57. The molecule has 214 valence electrons. The van der Waals surface area contributed by atoms with Gasteiger partial charge < -0.3 is 45.4 Å². The lowest BCUT2D eigenvalue weighted by molar-refractivity contribution is -0.662. The highest BCUT2D eigenvalue weighted by molar-refractivity contribution is 5.88. The summed E-state index contributed by atoms with van der Waals surface area (Å²) in [6.45, 7) is 1.67. The maximum atomic E-state index is 6.17. The number of benzene rings is 4. The third kappa shape index (κ3) is 7.18. The third-order valence-corrected chi connectivity index (χ3v) is 7.85. The molecule has 0 aliphatic carbocycles. The fourth-order valence-corrected chi connectivity index (χ4v) is 5.57. The Hall–Kier alpha value is -3.74. The maximum Gasteiger partial charge on any atom is 0.214 e. The summed E-state index contributed by atoms with van der Waals surface area (Å²) in [5, 5.41) is 2.20. The molecule has 0 fully saturated rings. The normalized spacial score (nSPS) is 10.8. The van der Waals surface area contributed by atoms with Gasteiger partial charge in [-0.05, 0) is 48.9 Å². The van der Waals surface area contributed by atoms with Crippen LogP contribution in [0, 0.1) is 0 Å². The zero-order chi connectivity index (χ0) is 27.3. The van der Waals surface area contributed by atoms with E-state index in [2.05, 4.69) is 106 Å². The third-order valence-electron chi connectivity index (χ3n) is 7.85. The molecule has 0 saturated carbocycles. The second-order valence-electron chi connectivity index (χ2n) is 10.7. The number of unbranched alkanes of at least 4 members (excludes halogenated alkanes) is 1. The van der Waals surface area contributed by atoms with Crippen LogP contribution < -0.4 is 54.6 Å². The summed E-state index contributed by atoms with van der Waals surface area (Å²) in [6, 6.07) is 38.8. The fraction of sp³-hybridized carbons (Fsp3) is 0.167. The smallest absolute Gasteiger partial charge is 0.214 e. The van der Waals surface area contributed by atoms with E-state index in [1.54, 1.807) is 0 Å². The first-order valence-corrected chi connectivity index (χ1v) is 14.1. The molecule has 4 N–H and O–H groups in total. The highest BCUT2D eigenvalue weighted by Gasteiger charge is 2.13. The van der Waals surface area contributed by atoms with E-state index in [0.29, 0.717) is 0 Å². The number of halogens is 2. The first kappa shape index (κ1) is 31.2. The molecule has 0 bridgehead atoms. The van der Waals surface area contributed by atoms with E-state index in [9.17, 15) is 0 Å². The standard InChI is InChI=1S/C36H34N4.2BrH/c37-33-21-23-39(35-11-5-3-9-31(33)35)25-29-17-13-27(14-18-29)7-1-2-8-28-15-19-30(20-16-28)26-40-24-22-34(38)32-10-4-6-12-36(32)40;;/h3-6,9-24,37-38H,1-2,7-8,25-26H2;2*1H. The number of anilines is 2. The second-order valence-corrected chi connectivity index (χ2v) is 10.7. The van der Waals surface area contributed by atoms with Crippen molar-refractivity contribution in [3.05, 3.63) is 144 Å². The van der Waals surface area contributed by atoms with Crippen molar-refractivity contribution in [1.82, 2.24) is 0 Å². The van der Waals surface area contributed by atoms with Gasteiger partial charge in [-0.2, -0.15) is 9.13 Å². The number of pyridine rings is 2. The van der Waals surface area contributed by atoms with E-state index in [4.69, 9.17) is 11.5 Å². The Kier molecular flexibility index (Phi) is 10.7. The molecule has 0 aliphatic heterocycles. The van der Waals surface area contributed by atoms with Crippen LogP contribution >= 0.6 is 0 Å². The number of hydrogen-bond acceptors (Lipinski definition) is 2. The molecule has 4 aromatic carbocycles. The van der Waals surface area contributed by atoms with Gasteiger partial charge in [0.2, 0.25) is 11.0 Å². The lowest BCUT2D eigenvalue weighted by Gasteiger charge is -2.07. The lowest BCUT2D eigenvalue weighted by Crippen LogP contribution is -3.00. The van der Waals surface area contributed by atoms with Gasteiger partial charge in [-0.1, -0.05) is 72.8 Å². The SMILES string of the molecule is Nc1cc[n+](Cc2ccc(CCCCc3ccc(C[n+]4ccc(N)c5ccccc54)cc3)cc2)c2ccccc12.[Br-].[Br-]. The van der Waals surface area contributed by atoms with E-state index >= 15 is 0 Å². The number of aryl methyl sites for hydroxylation is 2. The number of aromatic nitrogens is 2. The number of rotatable bonds is 9. The molecule has 0 saturated heterocycles. The minimum atomic E-state index is 0. The van der Waals surface area contributed by atoms with Gasteiger partial charge in [-0.15, -0.1) is 0 Å². The van der Waals surface area contributed by atoms with E-state index in [0.717, 1.165) is 59.1 Å². The molecular weight excluding hydrogens is 648 g/mol. The van der Waals surface area contributed by atoms with Crippen molar-refractivity contribution < 1.29 is 43.1 Å². The Bertz CT molecular complexity index is 1630. The average molecular weight is 685 g/mol. The summed E-state index contributed by atoms with van der Waals surface area (Å²) >= 11 is 0. The number of fused-ring (bicyclic) bond motifs is 2. The largest absolute Gasteiger partial charge is 1.00 e. The molecule has 0 radical (unpaired) electrons. The van der Waals surface area contributed by atoms with Gasteiger partial charge in [0, 0.05) is 35.4 Å². The predicted molar refractivity (Wildman–Crippen MR) is 165 cm³/mol. The van der Waals surface area contributed by atoms with Crippen molar-refractivity contribution in [1.29, 1.82) is 0 Å². The van der Waals surface area contributed by atoms with Crippen molar-refractivity contribution in [2.24, 2.45) is 0 Å². The quantitative estimate of drug-likeness (QED) is 0.171. The summed E-state index contributed by atoms with van der Waals surface area (Å²) in [4.78, 5) is 0.